The van der Waals surface area contributed by atoms with Crippen molar-refractivity contribution in [3.63, 3.8) is 0 Å². The summed E-state index contributed by atoms with van der Waals surface area (Å²) in [5.41, 5.74) is 1.06. The van der Waals surface area contributed by atoms with Gasteiger partial charge in [-0.15, -0.1) is 6.58 Å². The standard InChI is InChI=1S/C15H17N3O2S/c1-2-8-18(9-10-19)15(20)17-14-16-11-13(21-14)12-6-4-3-5-7-12/h2-7,11,19H,1,8-10H2,(H,16,17,20). The van der Waals surface area contributed by atoms with Crippen molar-refractivity contribution in [1.29, 1.82) is 0 Å². The van der Waals surface area contributed by atoms with E-state index in [1.54, 1.807) is 12.3 Å². The first-order valence-corrected chi connectivity index (χ1v) is 7.35. The van der Waals surface area contributed by atoms with E-state index >= 15 is 0 Å². The number of anilines is 1. The highest BCUT2D eigenvalue weighted by Crippen LogP contribution is 2.28. The molecule has 21 heavy (non-hydrogen) atoms. The first kappa shape index (κ1) is 15.2. The first-order chi connectivity index (χ1) is 10.2. The molecule has 0 fully saturated rings. The van der Waals surface area contributed by atoms with Crippen molar-refractivity contribution in [3.05, 3.63) is 49.2 Å². The first-order valence-electron chi connectivity index (χ1n) is 6.53. The molecule has 0 unspecified atom stereocenters. The quantitative estimate of drug-likeness (QED) is 0.807. The Morgan fingerprint density at radius 1 is 1.43 bits per heavy atom. The normalized spacial score (nSPS) is 10.1. The Labute approximate surface area is 127 Å². The van der Waals surface area contributed by atoms with Crippen molar-refractivity contribution in [3.8, 4) is 10.4 Å². The zero-order valence-electron chi connectivity index (χ0n) is 11.5. The lowest BCUT2D eigenvalue weighted by molar-refractivity contribution is 0.195. The number of carbonyl (C=O) groups excluding carboxylic acids is 1. The number of amides is 2. The highest BCUT2D eigenvalue weighted by Gasteiger charge is 2.13. The van der Waals surface area contributed by atoms with Crippen molar-refractivity contribution in [2.75, 3.05) is 25.0 Å². The zero-order chi connectivity index (χ0) is 15.1. The van der Waals surface area contributed by atoms with Crippen LogP contribution in [-0.4, -0.2) is 40.7 Å². The molecule has 110 valence electrons. The van der Waals surface area contributed by atoms with Gasteiger partial charge in [-0.2, -0.15) is 0 Å². The van der Waals surface area contributed by atoms with Crippen molar-refractivity contribution in [2.24, 2.45) is 0 Å². The molecular formula is C15H17N3O2S. The second kappa shape index (κ2) is 7.56. The topological polar surface area (TPSA) is 65.5 Å². The number of aliphatic hydroxyl groups is 1. The molecule has 2 rings (SSSR count). The van der Waals surface area contributed by atoms with E-state index in [4.69, 9.17) is 5.11 Å². The number of aliphatic hydroxyl groups excluding tert-OH is 1. The van der Waals surface area contributed by atoms with Crippen molar-refractivity contribution >= 4 is 22.5 Å². The summed E-state index contributed by atoms with van der Waals surface area (Å²) in [7, 11) is 0. The predicted octanol–water partition coefficient (Wildman–Crippen LogP) is 2.82. The van der Waals surface area contributed by atoms with Crippen molar-refractivity contribution in [1.82, 2.24) is 9.88 Å². The zero-order valence-corrected chi connectivity index (χ0v) is 12.3. The summed E-state index contributed by atoms with van der Waals surface area (Å²) in [6.07, 6.45) is 3.35. The van der Waals surface area contributed by atoms with Gasteiger partial charge in [0.2, 0.25) is 0 Å². The lowest BCUT2D eigenvalue weighted by atomic mass is 10.2. The van der Waals surface area contributed by atoms with Crippen LogP contribution in [0.5, 0.6) is 0 Å². The van der Waals surface area contributed by atoms with Crippen LogP contribution < -0.4 is 5.32 Å². The summed E-state index contributed by atoms with van der Waals surface area (Å²) in [5, 5.41) is 12.2. The lowest BCUT2D eigenvalue weighted by Gasteiger charge is -2.19. The van der Waals surface area contributed by atoms with Gasteiger partial charge in [0.05, 0.1) is 11.5 Å². The summed E-state index contributed by atoms with van der Waals surface area (Å²) in [6, 6.07) is 9.57. The third-order valence-corrected chi connectivity index (χ3v) is 3.75. The molecule has 1 aromatic heterocycles. The van der Waals surface area contributed by atoms with E-state index in [0.29, 0.717) is 11.7 Å². The molecule has 2 aromatic rings. The van der Waals surface area contributed by atoms with Crippen LogP contribution in [0.15, 0.2) is 49.2 Å². The highest BCUT2D eigenvalue weighted by atomic mass is 32.1. The van der Waals surface area contributed by atoms with Crippen LogP contribution >= 0.6 is 11.3 Å². The molecule has 0 aliphatic carbocycles. The third kappa shape index (κ3) is 4.14. The summed E-state index contributed by atoms with van der Waals surface area (Å²) in [4.78, 5) is 18.7. The van der Waals surface area contributed by atoms with Gasteiger partial charge in [0.25, 0.3) is 0 Å². The van der Waals surface area contributed by atoms with E-state index in [-0.39, 0.29) is 19.2 Å². The number of hydrogen-bond donors (Lipinski definition) is 2. The molecule has 6 heteroatoms. The van der Waals surface area contributed by atoms with Gasteiger partial charge in [0.1, 0.15) is 0 Å². The molecule has 0 saturated carbocycles. The average molecular weight is 303 g/mol. The molecular weight excluding hydrogens is 286 g/mol. The molecule has 1 aromatic carbocycles. The number of thiazole rings is 1. The number of carbonyl (C=O) groups is 1. The lowest BCUT2D eigenvalue weighted by Crippen LogP contribution is -2.37. The van der Waals surface area contributed by atoms with E-state index in [0.717, 1.165) is 10.4 Å². The maximum Gasteiger partial charge on any atom is 0.324 e. The molecule has 5 nitrogen and oxygen atoms in total. The number of rotatable bonds is 6. The minimum absolute atomic E-state index is 0.0889. The smallest absolute Gasteiger partial charge is 0.324 e. The Morgan fingerprint density at radius 2 is 2.19 bits per heavy atom. The fraction of sp³-hybridized carbons (Fsp3) is 0.200. The van der Waals surface area contributed by atoms with E-state index in [2.05, 4.69) is 16.9 Å². The van der Waals surface area contributed by atoms with E-state index in [1.807, 2.05) is 30.3 Å². The fourth-order valence-electron chi connectivity index (χ4n) is 1.79. The van der Waals surface area contributed by atoms with Crippen molar-refractivity contribution < 1.29 is 9.90 Å². The maximum absolute atomic E-state index is 12.1. The molecule has 0 spiro atoms. The van der Waals surface area contributed by atoms with Gasteiger partial charge in [-0.1, -0.05) is 47.7 Å². The SMILES string of the molecule is C=CCN(CCO)C(=O)Nc1ncc(-c2ccccc2)s1. The Kier molecular flexibility index (Phi) is 5.48. The monoisotopic (exact) mass is 303 g/mol. The fourth-order valence-corrected chi connectivity index (χ4v) is 2.60. The number of nitrogens with one attached hydrogen (secondary N) is 1. The van der Waals surface area contributed by atoms with Crippen molar-refractivity contribution in [2.45, 2.75) is 0 Å². The largest absolute Gasteiger partial charge is 0.395 e. The molecule has 0 saturated heterocycles. The molecule has 0 radical (unpaired) electrons. The van der Waals surface area contributed by atoms with Crippen LogP contribution in [0.25, 0.3) is 10.4 Å². The Morgan fingerprint density at radius 3 is 2.86 bits per heavy atom. The van der Waals surface area contributed by atoms with Gasteiger partial charge < -0.3 is 10.0 Å². The van der Waals surface area contributed by atoms with E-state index in [1.165, 1.54) is 16.2 Å². The number of nitrogens with zero attached hydrogens (tertiary/aromatic N) is 2. The maximum atomic E-state index is 12.1. The minimum Gasteiger partial charge on any atom is -0.395 e. The number of benzene rings is 1. The average Bonchev–Trinajstić information content (AvgIpc) is 2.96. The Hall–Kier alpha value is -2.18. The second-order valence-corrected chi connectivity index (χ2v) is 5.31. The van der Waals surface area contributed by atoms with Crippen LogP contribution in [0.1, 0.15) is 0 Å². The van der Waals surface area contributed by atoms with Crippen LogP contribution in [0.4, 0.5) is 9.93 Å². The second-order valence-electron chi connectivity index (χ2n) is 4.28. The van der Waals surface area contributed by atoms with Gasteiger partial charge in [-0.25, -0.2) is 9.78 Å². The van der Waals surface area contributed by atoms with E-state index < -0.39 is 0 Å². The Bertz CT molecular complexity index is 598. The molecule has 0 aliphatic heterocycles. The molecule has 0 bridgehead atoms. The summed E-state index contributed by atoms with van der Waals surface area (Å²) in [6.45, 7) is 4.15. The van der Waals surface area contributed by atoms with E-state index in [9.17, 15) is 4.79 Å². The van der Waals surface area contributed by atoms with Crippen LogP contribution in [-0.2, 0) is 0 Å². The summed E-state index contributed by atoms with van der Waals surface area (Å²) in [5.74, 6) is 0. The predicted molar refractivity (Wildman–Crippen MR) is 85.4 cm³/mol. The molecule has 0 atom stereocenters. The van der Waals surface area contributed by atoms with Gasteiger partial charge in [0, 0.05) is 19.3 Å². The van der Waals surface area contributed by atoms with Gasteiger partial charge in [0.15, 0.2) is 5.13 Å². The van der Waals surface area contributed by atoms with Crippen LogP contribution in [0.2, 0.25) is 0 Å². The van der Waals surface area contributed by atoms with Crippen LogP contribution in [0, 0.1) is 0 Å². The highest BCUT2D eigenvalue weighted by molar-refractivity contribution is 7.19. The molecule has 1 heterocycles. The number of urea groups is 1. The number of hydrogen-bond acceptors (Lipinski definition) is 4. The van der Waals surface area contributed by atoms with Crippen LogP contribution in [0.3, 0.4) is 0 Å². The Balaban J connectivity index is 2.05. The van der Waals surface area contributed by atoms with Gasteiger partial charge >= 0.3 is 6.03 Å². The molecule has 0 aliphatic rings. The van der Waals surface area contributed by atoms with Gasteiger partial charge in [-0.3, -0.25) is 5.32 Å². The number of aromatic nitrogens is 1. The molecule has 2 amide bonds. The molecule has 2 N–H and O–H groups in total. The summed E-state index contributed by atoms with van der Waals surface area (Å²) >= 11 is 1.41. The third-order valence-electron chi connectivity index (χ3n) is 2.78. The van der Waals surface area contributed by atoms with Gasteiger partial charge in [-0.05, 0) is 5.56 Å². The minimum atomic E-state index is -0.294. The summed E-state index contributed by atoms with van der Waals surface area (Å²) < 4.78 is 0.